The van der Waals surface area contributed by atoms with Gasteiger partial charge in [-0.2, -0.15) is 5.26 Å². The van der Waals surface area contributed by atoms with E-state index in [0.717, 1.165) is 12.1 Å². The van der Waals surface area contributed by atoms with E-state index in [1.807, 2.05) is 6.07 Å². The smallest absolute Gasteiger partial charge is 0.255 e. The molecule has 11 heteroatoms. The molecular formula is C25H23F2N5O4. The minimum atomic E-state index is -1.58. The third-order valence-corrected chi connectivity index (χ3v) is 5.05. The van der Waals surface area contributed by atoms with Crippen molar-refractivity contribution < 1.29 is 27.8 Å². The zero-order valence-electron chi connectivity index (χ0n) is 19.3. The van der Waals surface area contributed by atoms with Crippen LogP contribution in [0.25, 0.3) is 11.1 Å². The second-order valence-corrected chi connectivity index (χ2v) is 7.57. The number of nitrogens with zero attached hydrogens (tertiary/aromatic N) is 2. The van der Waals surface area contributed by atoms with Gasteiger partial charge < -0.3 is 26.3 Å². The summed E-state index contributed by atoms with van der Waals surface area (Å²) < 4.78 is 40.8. The molecule has 3 rings (SSSR count). The summed E-state index contributed by atoms with van der Waals surface area (Å²) in [5.41, 5.74) is 11.4. The summed E-state index contributed by atoms with van der Waals surface area (Å²) in [6.45, 7) is 1.01. The topological polar surface area (TPSA) is 153 Å². The number of pyridine rings is 1. The second-order valence-electron chi connectivity index (χ2n) is 7.57. The number of aromatic nitrogens is 1. The maximum Gasteiger partial charge on any atom is 0.255 e. The first kappa shape index (κ1) is 26.1. The largest absolute Gasteiger partial charge is 0.483 e. The molecule has 2 aromatic carbocycles. The van der Waals surface area contributed by atoms with Crippen molar-refractivity contribution >= 4 is 17.6 Å². The molecule has 0 bridgehead atoms. The molecule has 0 aliphatic rings. The Bertz CT molecular complexity index is 1290. The van der Waals surface area contributed by atoms with E-state index in [0.29, 0.717) is 11.1 Å². The molecule has 0 spiro atoms. The Morgan fingerprint density at radius 1 is 1.14 bits per heavy atom. The van der Waals surface area contributed by atoms with Crippen LogP contribution < -0.4 is 21.5 Å². The lowest BCUT2D eigenvalue weighted by molar-refractivity contribution is -0.133. The average Bonchev–Trinajstić information content (AvgIpc) is 2.85. The van der Waals surface area contributed by atoms with Crippen LogP contribution in [-0.2, 0) is 20.9 Å². The molecule has 0 aliphatic carbocycles. The molecule has 9 nitrogen and oxygen atoms in total. The molecule has 3 aromatic rings. The van der Waals surface area contributed by atoms with Gasteiger partial charge in [0.25, 0.3) is 11.8 Å². The normalized spacial score (nSPS) is 11.4. The van der Waals surface area contributed by atoms with Crippen LogP contribution in [0.3, 0.4) is 0 Å². The Labute approximate surface area is 205 Å². The van der Waals surface area contributed by atoms with Crippen LogP contribution in [-0.4, -0.2) is 30.0 Å². The van der Waals surface area contributed by atoms with Crippen LogP contribution in [0.5, 0.6) is 5.75 Å². The van der Waals surface area contributed by atoms with E-state index >= 15 is 8.78 Å². The quantitative estimate of drug-likeness (QED) is 0.391. The first-order valence-electron chi connectivity index (χ1n) is 10.8. The number of anilines is 1. The fourth-order valence-electron chi connectivity index (χ4n) is 3.36. The molecule has 0 fully saturated rings. The number of rotatable bonds is 10. The van der Waals surface area contributed by atoms with Crippen molar-refractivity contribution in [3.8, 4) is 22.9 Å². The zero-order valence-corrected chi connectivity index (χ0v) is 19.3. The maximum absolute atomic E-state index is 15.1. The summed E-state index contributed by atoms with van der Waals surface area (Å²) in [4.78, 5) is 27.9. The number of ether oxygens (including phenoxy) is 2. The number of carbonyl (C=O) groups excluding carboxylic acids is 2. The molecule has 0 saturated carbocycles. The third kappa shape index (κ3) is 6.31. The lowest BCUT2D eigenvalue weighted by Crippen LogP contribution is -2.32. The molecule has 2 amide bonds. The van der Waals surface area contributed by atoms with Crippen molar-refractivity contribution in [1.82, 2.24) is 10.3 Å². The Morgan fingerprint density at radius 3 is 2.44 bits per heavy atom. The fourth-order valence-corrected chi connectivity index (χ4v) is 3.36. The Kier molecular flexibility index (Phi) is 8.48. The van der Waals surface area contributed by atoms with E-state index in [2.05, 4.69) is 10.3 Å². The van der Waals surface area contributed by atoms with E-state index in [4.69, 9.17) is 26.2 Å². The number of nitrogen functional groups attached to an aromatic ring is 1. The molecule has 36 heavy (non-hydrogen) atoms. The highest BCUT2D eigenvalue weighted by Crippen LogP contribution is 2.30. The van der Waals surface area contributed by atoms with E-state index in [-0.39, 0.29) is 35.8 Å². The lowest BCUT2D eigenvalue weighted by atomic mass is 10.0. The number of benzene rings is 2. The van der Waals surface area contributed by atoms with E-state index in [1.165, 1.54) is 30.5 Å². The second kappa shape index (κ2) is 11.7. The number of primary amides is 1. The van der Waals surface area contributed by atoms with Gasteiger partial charge in [-0.1, -0.05) is 6.07 Å². The molecule has 186 valence electrons. The number of nitrogens with one attached hydrogen (secondary N) is 1. The summed E-state index contributed by atoms with van der Waals surface area (Å²) in [6.07, 6.45) is -0.201. The molecule has 1 heterocycles. The van der Waals surface area contributed by atoms with Crippen molar-refractivity contribution in [3.63, 3.8) is 0 Å². The van der Waals surface area contributed by atoms with Crippen molar-refractivity contribution in [2.75, 3.05) is 18.9 Å². The van der Waals surface area contributed by atoms with Gasteiger partial charge in [0.1, 0.15) is 23.2 Å². The number of carbonyl (C=O) groups is 2. The summed E-state index contributed by atoms with van der Waals surface area (Å²) in [5.74, 6) is -3.07. The standard InChI is InChI=1S/C25H23F2N5O4/c1-2-35-24(23-18(26)8-17(9-19(23)27)15-5-6-21(29)31-11-15)25(34)32-12-16-4-3-14(10-28)7-20(16)36-13-22(30)33/h3-9,11,24H,2,12-13H2,1H3,(H2,29,31)(H2,30,33)(H,32,34). The van der Waals surface area contributed by atoms with Crippen molar-refractivity contribution in [1.29, 1.82) is 5.26 Å². The first-order valence-corrected chi connectivity index (χ1v) is 10.8. The molecule has 0 aliphatic heterocycles. The zero-order chi connectivity index (χ0) is 26.2. The summed E-state index contributed by atoms with van der Waals surface area (Å²) in [6, 6.07) is 11.6. The number of halogens is 2. The number of amides is 2. The molecule has 1 unspecified atom stereocenters. The lowest BCUT2D eigenvalue weighted by Gasteiger charge is -2.20. The molecule has 5 N–H and O–H groups in total. The van der Waals surface area contributed by atoms with Gasteiger partial charge in [-0.3, -0.25) is 9.59 Å². The van der Waals surface area contributed by atoms with Crippen LogP contribution in [0.1, 0.15) is 29.7 Å². The van der Waals surface area contributed by atoms with Crippen LogP contribution >= 0.6 is 0 Å². The van der Waals surface area contributed by atoms with Gasteiger partial charge in [-0.25, -0.2) is 13.8 Å². The summed E-state index contributed by atoms with van der Waals surface area (Å²) in [5, 5.41) is 11.7. The van der Waals surface area contributed by atoms with Crippen molar-refractivity contribution in [2.45, 2.75) is 19.6 Å². The van der Waals surface area contributed by atoms with Crippen LogP contribution in [0.15, 0.2) is 48.7 Å². The summed E-state index contributed by atoms with van der Waals surface area (Å²) >= 11 is 0. The monoisotopic (exact) mass is 495 g/mol. The van der Waals surface area contributed by atoms with Gasteiger partial charge >= 0.3 is 0 Å². The number of hydrogen-bond acceptors (Lipinski definition) is 7. The fraction of sp³-hybridized carbons (Fsp3) is 0.200. The number of hydrogen-bond donors (Lipinski definition) is 3. The van der Waals surface area contributed by atoms with Gasteiger partial charge in [-0.05, 0) is 48.9 Å². The molecule has 0 radical (unpaired) electrons. The Balaban J connectivity index is 1.84. The number of nitrogens with two attached hydrogens (primary N) is 2. The predicted octanol–water partition coefficient (Wildman–Crippen LogP) is 2.74. The van der Waals surface area contributed by atoms with E-state index in [9.17, 15) is 9.59 Å². The molecule has 1 atom stereocenters. The number of nitriles is 1. The van der Waals surface area contributed by atoms with Gasteiger partial charge in [0, 0.05) is 30.5 Å². The van der Waals surface area contributed by atoms with Gasteiger partial charge in [0.2, 0.25) is 0 Å². The Morgan fingerprint density at radius 2 is 1.86 bits per heavy atom. The van der Waals surface area contributed by atoms with Crippen molar-refractivity contribution in [2.24, 2.45) is 5.73 Å². The molecular weight excluding hydrogens is 472 g/mol. The minimum Gasteiger partial charge on any atom is -0.483 e. The van der Waals surface area contributed by atoms with Gasteiger partial charge in [-0.15, -0.1) is 0 Å². The average molecular weight is 495 g/mol. The predicted molar refractivity (Wildman–Crippen MR) is 126 cm³/mol. The van der Waals surface area contributed by atoms with Crippen LogP contribution in [0.4, 0.5) is 14.6 Å². The third-order valence-electron chi connectivity index (χ3n) is 5.05. The van der Waals surface area contributed by atoms with E-state index < -0.39 is 41.7 Å². The highest BCUT2D eigenvalue weighted by molar-refractivity contribution is 5.83. The van der Waals surface area contributed by atoms with Crippen LogP contribution in [0.2, 0.25) is 0 Å². The molecule has 1 aromatic heterocycles. The Hall–Kier alpha value is -4.56. The summed E-state index contributed by atoms with van der Waals surface area (Å²) in [7, 11) is 0. The van der Waals surface area contributed by atoms with Crippen LogP contribution in [0, 0.1) is 23.0 Å². The highest BCUT2D eigenvalue weighted by Gasteiger charge is 2.28. The van der Waals surface area contributed by atoms with Gasteiger partial charge in [0.05, 0.1) is 17.2 Å². The maximum atomic E-state index is 15.1. The van der Waals surface area contributed by atoms with Gasteiger partial charge in [0.15, 0.2) is 12.7 Å². The SMILES string of the molecule is CCOC(C(=O)NCc1ccc(C#N)cc1OCC(N)=O)c1c(F)cc(-c2ccc(N)nc2)cc1F. The minimum absolute atomic E-state index is 0.00440. The molecule has 0 saturated heterocycles. The van der Waals surface area contributed by atoms with Crippen molar-refractivity contribution in [3.05, 3.63) is 77.0 Å². The van der Waals surface area contributed by atoms with E-state index in [1.54, 1.807) is 13.0 Å². The highest BCUT2D eigenvalue weighted by atomic mass is 19.1. The first-order chi connectivity index (χ1) is 17.2.